The maximum Gasteiger partial charge on any atom is 0.343 e. The van der Waals surface area contributed by atoms with E-state index in [1.807, 2.05) is 0 Å². The smallest absolute Gasteiger partial charge is 0.343 e. The standard InChI is InChI=1S/C17H11FN2O3S/c18-12-5-3-11(4-6-12)16(22)23-13-7-1-10(2-8-13)9-14-15(21)20-17(24)19-14/h1-9H,(H2,19,20,21,24)/b14-9-. The van der Waals surface area contributed by atoms with Crippen LogP contribution in [0.2, 0.25) is 0 Å². The zero-order valence-corrected chi connectivity index (χ0v) is 13.0. The Bertz CT molecular complexity index is 845. The summed E-state index contributed by atoms with van der Waals surface area (Å²) in [6.07, 6.45) is 1.63. The van der Waals surface area contributed by atoms with Gasteiger partial charge in [-0.05, 0) is 60.3 Å². The lowest BCUT2D eigenvalue weighted by molar-refractivity contribution is -0.115. The lowest BCUT2D eigenvalue weighted by Gasteiger charge is -2.05. The normalized spacial score (nSPS) is 15.1. The molecule has 5 nitrogen and oxygen atoms in total. The van der Waals surface area contributed by atoms with Crippen molar-refractivity contribution in [2.45, 2.75) is 0 Å². The molecule has 1 fully saturated rings. The van der Waals surface area contributed by atoms with Gasteiger partial charge in [0, 0.05) is 0 Å². The molecule has 0 radical (unpaired) electrons. The van der Waals surface area contributed by atoms with Crippen molar-refractivity contribution in [2.75, 3.05) is 0 Å². The maximum absolute atomic E-state index is 12.8. The molecular weight excluding hydrogens is 331 g/mol. The number of carbonyl (C=O) groups excluding carboxylic acids is 2. The van der Waals surface area contributed by atoms with Crippen LogP contribution in [0.1, 0.15) is 15.9 Å². The third kappa shape index (κ3) is 3.64. The van der Waals surface area contributed by atoms with Crippen LogP contribution in [0.25, 0.3) is 6.08 Å². The zero-order valence-electron chi connectivity index (χ0n) is 12.2. The minimum absolute atomic E-state index is 0.253. The Hall–Kier alpha value is -3.06. The van der Waals surface area contributed by atoms with E-state index >= 15 is 0 Å². The molecule has 3 rings (SSSR count). The quantitative estimate of drug-likeness (QED) is 0.388. The summed E-state index contributed by atoms with van der Waals surface area (Å²) in [4.78, 5) is 23.5. The molecule has 24 heavy (non-hydrogen) atoms. The van der Waals surface area contributed by atoms with Crippen LogP contribution in [0.5, 0.6) is 5.75 Å². The second-order valence-electron chi connectivity index (χ2n) is 4.93. The molecule has 0 aliphatic carbocycles. The van der Waals surface area contributed by atoms with Gasteiger partial charge in [-0.15, -0.1) is 0 Å². The molecule has 0 bridgehead atoms. The number of hydrogen-bond acceptors (Lipinski definition) is 4. The van der Waals surface area contributed by atoms with E-state index in [4.69, 9.17) is 17.0 Å². The topological polar surface area (TPSA) is 67.4 Å². The number of nitrogens with one attached hydrogen (secondary N) is 2. The summed E-state index contributed by atoms with van der Waals surface area (Å²) in [7, 11) is 0. The van der Waals surface area contributed by atoms with Crippen LogP contribution in [-0.2, 0) is 4.79 Å². The number of ether oxygens (including phenoxy) is 1. The first kappa shape index (κ1) is 15.8. The van der Waals surface area contributed by atoms with Gasteiger partial charge in [-0.2, -0.15) is 0 Å². The van der Waals surface area contributed by atoms with E-state index in [1.165, 1.54) is 24.3 Å². The van der Waals surface area contributed by atoms with Crippen LogP contribution in [-0.4, -0.2) is 17.0 Å². The third-order valence-corrected chi connectivity index (χ3v) is 3.41. The predicted molar refractivity (Wildman–Crippen MR) is 89.7 cm³/mol. The van der Waals surface area contributed by atoms with Crippen molar-refractivity contribution >= 4 is 35.3 Å². The zero-order chi connectivity index (χ0) is 17.1. The Morgan fingerprint density at radius 3 is 2.29 bits per heavy atom. The first-order chi connectivity index (χ1) is 11.5. The molecule has 1 amide bonds. The van der Waals surface area contributed by atoms with Crippen molar-refractivity contribution in [2.24, 2.45) is 0 Å². The second-order valence-corrected chi connectivity index (χ2v) is 5.34. The first-order valence-corrected chi connectivity index (χ1v) is 7.34. The number of benzene rings is 2. The Labute approximate surface area is 142 Å². The highest BCUT2D eigenvalue weighted by Crippen LogP contribution is 2.16. The summed E-state index contributed by atoms with van der Waals surface area (Å²) in [6, 6.07) is 11.7. The molecule has 0 aromatic heterocycles. The summed E-state index contributed by atoms with van der Waals surface area (Å²) < 4.78 is 18.0. The molecule has 1 aliphatic rings. The van der Waals surface area contributed by atoms with Gasteiger partial charge >= 0.3 is 5.97 Å². The first-order valence-electron chi connectivity index (χ1n) is 6.93. The summed E-state index contributed by atoms with van der Waals surface area (Å²) in [6.45, 7) is 0. The molecule has 0 saturated carbocycles. The molecule has 1 aliphatic heterocycles. The van der Waals surface area contributed by atoms with E-state index in [1.54, 1.807) is 30.3 Å². The number of thiocarbonyl (C=S) groups is 1. The summed E-state index contributed by atoms with van der Waals surface area (Å²) in [5, 5.41) is 5.46. The SMILES string of the molecule is O=C1NC(=S)N/C1=C\c1ccc(OC(=O)c2ccc(F)cc2)cc1. The lowest BCUT2D eigenvalue weighted by Crippen LogP contribution is -2.21. The molecule has 1 saturated heterocycles. The van der Waals surface area contributed by atoms with Crippen molar-refractivity contribution in [3.8, 4) is 5.75 Å². The van der Waals surface area contributed by atoms with Crippen LogP contribution >= 0.6 is 12.2 Å². The monoisotopic (exact) mass is 342 g/mol. The fourth-order valence-corrected chi connectivity index (χ4v) is 2.24. The van der Waals surface area contributed by atoms with Gasteiger partial charge in [0.05, 0.1) is 5.56 Å². The van der Waals surface area contributed by atoms with Gasteiger partial charge in [-0.25, -0.2) is 9.18 Å². The van der Waals surface area contributed by atoms with Gasteiger partial charge in [0.15, 0.2) is 5.11 Å². The Morgan fingerprint density at radius 1 is 1.04 bits per heavy atom. The van der Waals surface area contributed by atoms with Crippen molar-refractivity contribution in [1.29, 1.82) is 0 Å². The average Bonchev–Trinajstić information content (AvgIpc) is 2.87. The predicted octanol–water partition coefficient (Wildman–Crippen LogP) is 2.39. The third-order valence-electron chi connectivity index (χ3n) is 3.20. The van der Waals surface area contributed by atoms with Crippen LogP contribution in [0, 0.1) is 5.82 Å². The van der Waals surface area contributed by atoms with Gasteiger partial charge in [-0.3, -0.25) is 10.1 Å². The summed E-state index contributed by atoms with van der Waals surface area (Å²) >= 11 is 4.85. The Balaban J connectivity index is 1.69. The van der Waals surface area contributed by atoms with Gasteiger partial charge in [0.2, 0.25) is 0 Å². The molecule has 0 unspecified atom stereocenters. The maximum atomic E-state index is 12.8. The number of amides is 1. The average molecular weight is 342 g/mol. The van der Waals surface area contributed by atoms with Crippen molar-refractivity contribution < 1.29 is 18.7 Å². The minimum atomic E-state index is -0.580. The molecular formula is C17H11FN2O3S. The van der Waals surface area contributed by atoms with E-state index in [2.05, 4.69) is 10.6 Å². The van der Waals surface area contributed by atoms with Gasteiger partial charge < -0.3 is 10.1 Å². The fraction of sp³-hybridized carbons (Fsp3) is 0. The van der Waals surface area contributed by atoms with Gasteiger partial charge in [-0.1, -0.05) is 12.1 Å². The summed E-state index contributed by atoms with van der Waals surface area (Å²) in [5.74, 6) is -0.964. The highest BCUT2D eigenvalue weighted by atomic mass is 32.1. The molecule has 120 valence electrons. The fourth-order valence-electron chi connectivity index (χ4n) is 2.03. The lowest BCUT2D eigenvalue weighted by atomic mass is 10.2. The molecule has 2 aromatic rings. The number of esters is 1. The molecule has 0 spiro atoms. The minimum Gasteiger partial charge on any atom is -0.423 e. The van der Waals surface area contributed by atoms with Crippen molar-refractivity contribution in [1.82, 2.24) is 10.6 Å². The van der Waals surface area contributed by atoms with Crippen LogP contribution in [0.4, 0.5) is 4.39 Å². The second kappa shape index (κ2) is 6.59. The Morgan fingerprint density at radius 2 is 1.71 bits per heavy atom. The molecule has 1 heterocycles. The Kier molecular flexibility index (Phi) is 4.35. The molecule has 2 N–H and O–H groups in total. The number of carbonyl (C=O) groups is 2. The summed E-state index contributed by atoms with van der Waals surface area (Å²) in [5.41, 5.74) is 1.33. The number of rotatable bonds is 3. The van der Waals surface area contributed by atoms with Crippen LogP contribution in [0.3, 0.4) is 0 Å². The number of hydrogen-bond donors (Lipinski definition) is 2. The van der Waals surface area contributed by atoms with Crippen LogP contribution < -0.4 is 15.4 Å². The van der Waals surface area contributed by atoms with E-state index < -0.39 is 11.8 Å². The van der Waals surface area contributed by atoms with Gasteiger partial charge in [0.25, 0.3) is 5.91 Å². The van der Waals surface area contributed by atoms with Crippen LogP contribution in [0.15, 0.2) is 54.2 Å². The van der Waals surface area contributed by atoms with Gasteiger partial charge in [0.1, 0.15) is 17.3 Å². The largest absolute Gasteiger partial charge is 0.423 e. The number of halogens is 1. The van der Waals surface area contributed by atoms with Crippen molar-refractivity contribution in [3.05, 3.63) is 71.2 Å². The molecule has 2 aromatic carbocycles. The highest BCUT2D eigenvalue weighted by molar-refractivity contribution is 7.80. The van der Waals surface area contributed by atoms with E-state index in [-0.39, 0.29) is 16.6 Å². The molecule has 7 heteroatoms. The highest BCUT2D eigenvalue weighted by Gasteiger charge is 2.19. The van der Waals surface area contributed by atoms with E-state index in [0.717, 1.165) is 5.56 Å². The van der Waals surface area contributed by atoms with E-state index in [0.29, 0.717) is 11.4 Å². The van der Waals surface area contributed by atoms with E-state index in [9.17, 15) is 14.0 Å². The van der Waals surface area contributed by atoms with Crippen molar-refractivity contribution in [3.63, 3.8) is 0 Å². The molecule has 0 atom stereocenters.